The lowest BCUT2D eigenvalue weighted by Gasteiger charge is -2.32. The van der Waals surface area contributed by atoms with Gasteiger partial charge in [0.2, 0.25) is 5.91 Å². The molecule has 0 aromatic carbocycles. The van der Waals surface area contributed by atoms with Crippen molar-refractivity contribution >= 4 is 23.6 Å². The summed E-state index contributed by atoms with van der Waals surface area (Å²) in [6.07, 6.45) is 4.52. The number of carbonyl (C=O) groups excluding carboxylic acids is 1. The van der Waals surface area contributed by atoms with Gasteiger partial charge >= 0.3 is 5.97 Å². The van der Waals surface area contributed by atoms with E-state index in [1.54, 1.807) is 11.8 Å². The van der Waals surface area contributed by atoms with Crippen LogP contribution >= 0.6 is 11.8 Å². The van der Waals surface area contributed by atoms with Gasteiger partial charge in [0.15, 0.2) is 0 Å². The molecule has 1 heterocycles. The molecule has 1 amide bonds. The summed E-state index contributed by atoms with van der Waals surface area (Å²) < 4.78 is 0. The van der Waals surface area contributed by atoms with Crippen molar-refractivity contribution in [3.8, 4) is 0 Å². The van der Waals surface area contributed by atoms with Gasteiger partial charge in [-0.3, -0.25) is 4.79 Å². The van der Waals surface area contributed by atoms with E-state index in [0.29, 0.717) is 18.1 Å². The fraction of sp³-hybridized carbons (Fsp3) is 0.867. The lowest BCUT2D eigenvalue weighted by molar-refractivity contribution is -0.147. The number of hydrogen-bond donors (Lipinski definition) is 2. The van der Waals surface area contributed by atoms with Crippen molar-refractivity contribution in [1.82, 2.24) is 5.32 Å². The molecule has 1 atom stereocenters. The van der Waals surface area contributed by atoms with Gasteiger partial charge in [-0.1, -0.05) is 13.8 Å². The van der Waals surface area contributed by atoms with E-state index in [1.807, 2.05) is 0 Å². The van der Waals surface area contributed by atoms with Crippen LogP contribution in [0.1, 0.15) is 46.0 Å². The molecule has 1 saturated heterocycles. The first-order valence-electron chi connectivity index (χ1n) is 7.58. The first-order chi connectivity index (χ1) is 9.44. The van der Waals surface area contributed by atoms with Gasteiger partial charge in [0.1, 0.15) is 5.54 Å². The van der Waals surface area contributed by atoms with Crippen LogP contribution in [0.25, 0.3) is 0 Å². The smallest absolute Gasteiger partial charge is 0.330 e. The second-order valence-corrected chi connectivity index (χ2v) is 7.64. The van der Waals surface area contributed by atoms with E-state index in [9.17, 15) is 14.7 Å². The van der Waals surface area contributed by atoms with Crippen molar-refractivity contribution in [1.29, 1.82) is 0 Å². The summed E-state index contributed by atoms with van der Waals surface area (Å²) in [4.78, 5) is 23.8. The molecule has 0 bridgehead atoms. The van der Waals surface area contributed by atoms with Crippen molar-refractivity contribution in [2.24, 2.45) is 17.8 Å². The molecule has 2 N–H and O–H groups in total. The molecule has 1 aliphatic carbocycles. The number of thioether (sulfide) groups is 1. The Kier molecular flexibility index (Phi) is 4.99. The van der Waals surface area contributed by atoms with E-state index >= 15 is 0 Å². The molecule has 1 unspecified atom stereocenters. The van der Waals surface area contributed by atoms with Crippen LogP contribution in [0.15, 0.2) is 0 Å². The number of carbonyl (C=O) groups is 2. The Labute approximate surface area is 125 Å². The molecule has 0 radical (unpaired) electrons. The highest BCUT2D eigenvalue weighted by molar-refractivity contribution is 7.99. The second kappa shape index (κ2) is 6.37. The predicted octanol–water partition coefficient (Wildman–Crippen LogP) is 2.53. The number of amides is 1. The zero-order valence-corrected chi connectivity index (χ0v) is 13.2. The van der Waals surface area contributed by atoms with Crippen LogP contribution in [-0.2, 0) is 9.59 Å². The van der Waals surface area contributed by atoms with Gasteiger partial charge in [-0.05, 0) is 49.7 Å². The molecule has 0 aromatic heterocycles. The molecule has 2 aliphatic rings. The average molecular weight is 299 g/mol. The highest BCUT2D eigenvalue weighted by Gasteiger charge is 2.44. The number of carboxylic acids is 1. The Morgan fingerprint density at radius 1 is 1.25 bits per heavy atom. The lowest BCUT2D eigenvalue weighted by atomic mass is 9.76. The number of nitrogens with one attached hydrogen (secondary N) is 1. The summed E-state index contributed by atoms with van der Waals surface area (Å²) >= 11 is 1.61. The topological polar surface area (TPSA) is 66.4 Å². The molecule has 2 fully saturated rings. The normalized spacial score (nSPS) is 34.1. The van der Waals surface area contributed by atoms with E-state index < -0.39 is 11.5 Å². The van der Waals surface area contributed by atoms with Gasteiger partial charge in [-0.15, -0.1) is 0 Å². The zero-order valence-electron chi connectivity index (χ0n) is 12.4. The van der Waals surface area contributed by atoms with E-state index in [-0.39, 0.29) is 11.8 Å². The van der Waals surface area contributed by atoms with Crippen molar-refractivity contribution in [3.05, 3.63) is 0 Å². The van der Waals surface area contributed by atoms with Gasteiger partial charge < -0.3 is 10.4 Å². The molecule has 1 aliphatic heterocycles. The summed E-state index contributed by atoms with van der Waals surface area (Å²) in [6.45, 7) is 4.47. The fourth-order valence-electron chi connectivity index (χ4n) is 3.27. The third-order valence-corrected chi connectivity index (χ3v) is 6.07. The highest BCUT2D eigenvalue weighted by atomic mass is 32.2. The largest absolute Gasteiger partial charge is 0.479 e. The summed E-state index contributed by atoms with van der Waals surface area (Å²) in [5.74, 6) is 1.78. The van der Waals surface area contributed by atoms with E-state index in [0.717, 1.165) is 37.4 Å². The maximum absolute atomic E-state index is 12.4. The molecular formula is C15H25NO3S. The Morgan fingerprint density at radius 3 is 2.35 bits per heavy atom. The van der Waals surface area contributed by atoms with E-state index in [2.05, 4.69) is 19.2 Å². The van der Waals surface area contributed by atoms with Crippen LogP contribution in [0.3, 0.4) is 0 Å². The summed E-state index contributed by atoms with van der Waals surface area (Å²) in [6, 6.07) is 0. The molecule has 2 rings (SSSR count). The Hall–Kier alpha value is -0.710. The minimum atomic E-state index is -1.02. The van der Waals surface area contributed by atoms with Crippen molar-refractivity contribution in [2.75, 3.05) is 11.5 Å². The van der Waals surface area contributed by atoms with Gasteiger partial charge in [0.25, 0.3) is 0 Å². The first-order valence-corrected chi connectivity index (χ1v) is 8.73. The maximum Gasteiger partial charge on any atom is 0.330 e. The van der Waals surface area contributed by atoms with Crippen LogP contribution in [0.4, 0.5) is 0 Å². The molecular weight excluding hydrogens is 274 g/mol. The van der Waals surface area contributed by atoms with Crippen LogP contribution < -0.4 is 5.32 Å². The van der Waals surface area contributed by atoms with Crippen LogP contribution in [0.2, 0.25) is 0 Å². The van der Waals surface area contributed by atoms with Gasteiger partial charge in [-0.25, -0.2) is 4.79 Å². The molecule has 0 spiro atoms. The number of rotatable bonds is 4. The quantitative estimate of drug-likeness (QED) is 0.837. The monoisotopic (exact) mass is 299 g/mol. The van der Waals surface area contributed by atoms with Gasteiger partial charge in [0.05, 0.1) is 0 Å². The second-order valence-electron chi connectivity index (χ2n) is 6.53. The SMILES string of the molecule is CC(C)C1CCC(C(=O)NC2(C(=O)O)CCSC2)CC1. The molecule has 0 aromatic rings. The number of hydrogen-bond acceptors (Lipinski definition) is 3. The molecule has 114 valence electrons. The standard InChI is InChI=1S/C15H25NO3S/c1-10(2)11-3-5-12(6-4-11)13(17)16-15(14(18)19)7-8-20-9-15/h10-12H,3-9H2,1-2H3,(H,16,17)(H,18,19). The first kappa shape index (κ1) is 15.7. The minimum Gasteiger partial charge on any atom is -0.479 e. The van der Waals surface area contributed by atoms with E-state index in [4.69, 9.17) is 0 Å². The predicted molar refractivity (Wildman–Crippen MR) is 80.7 cm³/mol. The van der Waals surface area contributed by atoms with Crippen LogP contribution in [0.5, 0.6) is 0 Å². The Balaban J connectivity index is 1.91. The van der Waals surface area contributed by atoms with Crippen molar-refractivity contribution in [2.45, 2.75) is 51.5 Å². The third kappa shape index (κ3) is 3.30. The van der Waals surface area contributed by atoms with E-state index in [1.165, 1.54) is 0 Å². The maximum atomic E-state index is 12.4. The average Bonchev–Trinajstić information content (AvgIpc) is 2.88. The summed E-state index contributed by atoms with van der Waals surface area (Å²) in [7, 11) is 0. The minimum absolute atomic E-state index is 0.00632. The highest BCUT2D eigenvalue weighted by Crippen LogP contribution is 2.34. The number of aliphatic carboxylic acids is 1. The van der Waals surface area contributed by atoms with Crippen LogP contribution in [-0.4, -0.2) is 34.0 Å². The Bertz CT molecular complexity index is 369. The van der Waals surface area contributed by atoms with Gasteiger partial charge in [-0.2, -0.15) is 11.8 Å². The summed E-state index contributed by atoms with van der Waals surface area (Å²) in [5.41, 5.74) is -1.02. The fourth-order valence-corrected chi connectivity index (χ4v) is 4.60. The zero-order chi connectivity index (χ0) is 14.8. The summed E-state index contributed by atoms with van der Waals surface area (Å²) in [5, 5.41) is 12.2. The molecule has 1 saturated carbocycles. The van der Waals surface area contributed by atoms with Crippen molar-refractivity contribution < 1.29 is 14.7 Å². The van der Waals surface area contributed by atoms with Gasteiger partial charge in [0, 0.05) is 11.7 Å². The Morgan fingerprint density at radius 2 is 1.90 bits per heavy atom. The molecule has 4 nitrogen and oxygen atoms in total. The molecule has 20 heavy (non-hydrogen) atoms. The third-order valence-electron chi connectivity index (χ3n) is 4.88. The number of carboxylic acid groups (broad SMARTS) is 1. The lowest BCUT2D eigenvalue weighted by Crippen LogP contribution is -2.56. The molecule has 5 heteroatoms. The van der Waals surface area contributed by atoms with Crippen molar-refractivity contribution in [3.63, 3.8) is 0 Å². The van der Waals surface area contributed by atoms with Crippen LogP contribution in [0, 0.1) is 17.8 Å².